The third-order valence-corrected chi connectivity index (χ3v) is 7.00. The molecule has 0 spiro atoms. The third-order valence-electron chi connectivity index (χ3n) is 7.00. The second kappa shape index (κ2) is 29.5. The van der Waals surface area contributed by atoms with Crippen LogP contribution in [0.2, 0.25) is 0 Å². The van der Waals surface area contributed by atoms with Crippen molar-refractivity contribution in [2.24, 2.45) is 0 Å². The number of rotatable bonds is 28. The lowest BCUT2D eigenvalue weighted by atomic mass is 10.0. The molecule has 0 bridgehead atoms. The van der Waals surface area contributed by atoms with Crippen LogP contribution in [0.4, 0.5) is 0 Å². The fourth-order valence-corrected chi connectivity index (χ4v) is 4.67. The van der Waals surface area contributed by atoms with Crippen molar-refractivity contribution >= 4 is 5.97 Å². The second-order valence-electron chi connectivity index (χ2n) is 10.5. The first-order valence-electron chi connectivity index (χ1n) is 15.5. The molecule has 0 saturated carbocycles. The summed E-state index contributed by atoms with van der Waals surface area (Å²) in [4.78, 5) is 11.7. The van der Waals surface area contributed by atoms with Crippen molar-refractivity contribution in [3.05, 3.63) is 0 Å². The Hall–Kier alpha value is -0.530. The lowest BCUT2D eigenvalue weighted by molar-refractivity contribution is -0.143. The van der Waals surface area contributed by atoms with Crippen LogP contribution in [-0.2, 0) is 9.53 Å². The standard InChI is InChI=1S/C31H62O2/c1-3-5-7-9-10-11-12-13-14-15-16-17-18-19-20-21-22-23-24-25-26-27-29-31(32)33-30-28-8-6-4-2/h3-30H2,1-2H3. The highest BCUT2D eigenvalue weighted by Crippen LogP contribution is 2.15. The van der Waals surface area contributed by atoms with Gasteiger partial charge in [0.25, 0.3) is 0 Å². The smallest absolute Gasteiger partial charge is 0.305 e. The normalized spacial score (nSPS) is 11.2. The van der Waals surface area contributed by atoms with Gasteiger partial charge in [0, 0.05) is 6.42 Å². The molecular weight excluding hydrogens is 404 g/mol. The van der Waals surface area contributed by atoms with Crippen LogP contribution < -0.4 is 0 Å². The summed E-state index contributed by atoms with van der Waals surface area (Å²) in [7, 11) is 0. The Morgan fingerprint density at radius 3 is 1.00 bits per heavy atom. The molecule has 0 rings (SSSR count). The van der Waals surface area contributed by atoms with Gasteiger partial charge >= 0.3 is 5.97 Å². The van der Waals surface area contributed by atoms with Gasteiger partial charge in [0.05, 0.1) is 6.61 Å². The first kappa shape index (κ1) is 32.5. The van der Waals surface area contributed by atoms with E-state index in [9.17, 15) is 4.79 Å². The molecule has 2 nitrogen and oxygen atoms in total. The third kappa shape index (κ3) is 29.4. The molecule has 2 heteroatoms. The summed E-state index contributed by atoms with van der Waals surface area (Å²) < 4.78 is 5.30. The molecule has 0 heterocycles. The first-order valence-corrected chi connectivity index (χ1v) is 15.5. The topological polar surface area (TPSA) is 26.3 Å². The van der Waals surface area contributed by atoms with Gasteiger partial charge in [-0.1, -0.05) is 168 Å². The number of esters is 1. The van der Waals surface area contributed by atoms with Crippen LogP contribution in [0.15, 0.2) is 0 Å². The zero-order valence-corrected chi connectivity index (χ0v) is 23.1. The van der Waals surface area contributed by atoms with Gasteiger partial charge in [-0.3, -0.25) is 4.79 Å². The van der Waals surface area contributed by atoms with Crippen LogP contribution in [0.3, 0.4) is 0 Å². The maximum absolute atomic E-state index is 11.7. The van der Waals surface area contributed by atoms with Gasteiger partial charge in [0.2, 0.25) is 0 Å². The summed E-state index contributed by atoms with van der Waals surface area (Å²) in [5.74, 6) is 0.0136. The van der Waals surface area contributed by atoms with E-state index in [0.717, 1.165) is 12.8 Å². The Bertz CT molecular complexity index is 366. The SMILES string of the molecule is CCCCCCCCCCCCCCCCCCCCCCCCC(=O)OCCCCCC. The number of hydrogen-bond acceptors (Lipinski definition) is 2. The number of carbonyl (C=O) groups is 1. The van der Waals surface area contributed by atoms with Crippen molar-refractivity contribution in [3.8, 4) is 0 Å². The van der Waals surface area contributed by atoms with Crippen molar-refractivity contribution < 1.29 is 9.53 Å². The molecule has 0 N–H and O–H groups in total. The van der Waals surface area contributed by atoms with E-state index in [1.165, 1.54) is 154 Å². The summed E-state index contributed by atoms with van der Waals surface area (Å²) in [6.07, 6.45) is 36.1. The van der Waals surface area contributed by atoms with E-state index in [4.69, 9.17) is 4.74 Å². The Morgan fingerprint density at radius 2 is 0.667 bits per heavy atom. The van der Waals surface area contributed by atoms with Crippen LogP contribution in [0.25, 0.3) is 0 Å². The van der Waals surface area contributed by atoms with E-state index in [-0.39, 0.29) is 5.97 Å². The molecular formula is C31H62O2. The quantitative estimate of drug-likeness (QED) is 0.0846. The van der Waals surface area contributed by atoms with Gasteiger partial charge in [-0.25, -0.2) is 0 Å². The van der Waals surface area contributed by atoms with Crippen LogP contribution in [0, 0.1) is 0 Å². The number of ether oxygens (including phenoxy) is 1. The van der Waals surface area contributed by atoms with Gasteiger partial charge in [-0.05, 0) is 12.8 Å². The molecule has 0 aromatic carbocycles. The maximum Gasteiger partial charge on any atom is 0.305 e. The first-order chi connectivity index (χ1) is 16.3. The van der Waals surface area contributed by atoms with Crippen molar-refractivity contribution in [1.82, 2.24) is 0 Å². The lowest BCUT2D eigenvalue weighted by Gasteiger charge is -2.05. The molecule has 198 valence electrons. The van der Waals surface area contributed by atoms with Gasteiger partial charge in [0.15, 0.2) is 0 Å². The number of carbonyl (C=O) groups excluding carboxylic acids is 1. The highest BCUT2D eigenvalue weighted by atomic mass is 16.5. The molecule has 33 heavy (non-hydrogen) atoms. The van der Waals surface area contributed by atoms with Crippen molar-refractivity contribution in [2.45, 2.75) is 187 Å². The Balaban J connectivity index is 3.08. The molecule has 0 fully saturated rings. The summed E-state index contributed by atoms with van der Waals surface area (Å²) in [5.41, 5.74) is 0. The van der Waals surface area contributed by atoms with Crippen LogP contribution in [0.1, 0.15) is 187 Å². The van der Waals surface area contributed by atoms with E-state index in [2.05, 4.69) is 13.8 Å². The van der Waals surface area contributed by atoms with Gasteiger partial charge < -0.3 is 4.74 Å². The van der Waals surface area contributed by atoms with Crippen molar-refractivity contribution in [3.63, 3.8) is 0 Å². The largest absolute Gasteiger partial charge is 0.466 e. The highest BCUT2D eigenvalue weighted by molar-refractivity contribution is 5.69. The molecule has 0 amide bonds. The fraction of sp³-hybridized carbons (Fsp3) is 0.968. The van der Waals surface area contributed by atoms with E-state index in [0.29, 0.717) is 13.0 Å². The van der Waals surface area contributed by atoms with Gasteiger partial charge in [-0.2, -0.15) is 0 Å². The molecule has 0 unspecified atom stereocenters. The average molecular weight is 467 g/mol. The van der Waals surface area contributed by atoms with Crippen molar-refractivity contribution in [1.29, 1.82) is 0 Å². The van der Waals surface area contributed by atoms with Crippen LogP contribution >= 0.6 is 0 Å². The average Bonchev–Trinajstić information content (AvgIpc) is 2.82. The minimum atomic E-state index is 0.0136. The van der Waals surface area contributed by atoms with Crippen LogP contribution in [0.5, 0.6) is 0 Å². The molecule has 0 saturated heterocycles. The molecule has 0 aliphatic carbocycles. The van der Waals surface area contributed by atoms with E-state index in [1.54, 1.807) is 0 Å². The zero-order valence-electron chi connectivity index (χ0n) is 23.1. The zero-order chi connectivity index (χ0) is 24.1. The van der Waals surface area contributed by atoms with Crippen molar-refractivity contribution in [2.75, 3.05) is 6.61 Å². The molecule has 0 radical (unpaired) electrons. The predicted octanol–water partition coefficient (Wildman–Crippen LogP) is 11.1. The van der Waals surface area contributed by atoms with Gasteiger partial charge in [-0.15, -0.1) is 0 Å². The minimum Gasteiger partial charge on any atom is -0.466 e. The van der Waals surface area contributed by atoms with Crippen LogP contribution in [-0.4, -0.2) is 12.6 Å². The molecule has 0 aromatic rings. The maximum atomic E-state index is 11.7. The summed E-state index contributed by atoms with van der Waals surface area (Å²) in [6, 6.07) is 0. The lowest BCUT2D eigenvalue weighted by Crippen LogP contribution is -2.05. The molecule has 0 aromatic heterocycles. The minimum absolute atomic E-state index is 0.0136. The molecule has 0 aliphatic heterocycles. The fourth-order valence-electron chi connectivity index (χ4n) is 4.67. The Morgan fingerprint density at radius 1 is 0.394 bits per heavy atom. The predicted molar refractivity (Wildman–Crippen MR) is 147 cm³/mol. The second-order valence-corrected chi connectivity index (χ2v) is 10.5. The molecule has 0 atom stereocenters. The summed E-state index contributed by atoms with van der Waals surface area (Å²) >= 11 is 0. The Labute approximate surface area is 209 Å². The van der Waals surface area contributed by atoms with Gasteiger partial charge in [0.1, 0.15) is 0 Å². The number of unbranched alkanes of at least 4 members (excludes halogenated alkanes) is 24. The highest BCUT2D eigenvalue weighted by Gasteiger charge is 2.02. The summed E-state index contributed by atoms with van der Waals surface area (Å²) in [6.45, 7) is 5.12. The summed E-state index contributed by atoms with van der Waals surface area (Å²) in [5, 5.41) is 0. The molecule has 0 aliphatic rings. The van der Waals surface area contributed by atoms with E-state index >= 15 is 0 Å². The number of hydrogen-bond donors (Lipinski definition) is 0. The Kier molecular flexibility index (Phi) is 29.0. The van der Waals surface area contributed by atoms with E-state index < -0.39 is 0 Å². The monoisotopic (exact) mass is 466 g/mol. The van der Waals surface area contributed by atoms with E-state index in [1.807, 2.05) is 0 Å².